The highest BCUT2D eigenvalue weighted by molar-refractivity contribution is 6.01. The lowest BCUT2D eigenvalue weighted by molar-refractivity contribution is -0.136. The Morgan fingerprint density at radius 3 is 2.50 bits per heavy atom. The second-order valence-electron chi connectivity index (χ2n) is 4.92. The first-order valence-corrected chi connectivity index (χ1v) is 6.75. The summed E-state index contributed by atoms with van der Waals surface area (Å²) < 4.78 is 5.85. The average Bonchev–Trinajstić information content (AvgIpc) is 2.40. The van der Waals surface area contributed by atoms with Crippen molar-refractivity contribution in [3.8, 4) is 0 Å². The van der Waals surface area contributed by atoms with Gasteiger partial charge >= 0.3 is 11.7 Å². The van der Waals surface area contributed by atoms with Gasteiger partial charge in [0, 0.05) is 12.6 Å². The number of hydrogen-bond donors (Lipinski definition) is 2. The number of aromatic amines is 1. The highest BCUT2D eigenvalue weighted by Crippen LogP contribution is 2.06. The number of allylic oxidation sites excluding steroid dienone is 1. The molecule has 8 nitrogen and oxygen atoms in total. The second-order valence-corrected chi connectivity index (χ2v) is 4.92. The molecule has 0 spiro atoms. The number of nitrogen functional groups attached to an aromatic ring is 1. The first-order valence-electron chi connectivity index (χ1n) is 6.75. The summed E-state index contributed by atoms with van der Waals surface area (Å²) >= 11 is 0. The van der Waals surface area contributed by atoms with Crippen LogP contribution >= 0.6 is 0 Å². The first kappa shape index (κ1) is 17.4. The number of esters is 1. The molecule has 120 valence electrons. The summed E-state index contributed by atoms with van der Waals surface area (Å²) in [4.78, 5) is 48.8. The number of nitrogens with two attached hydrogens (primary N) is 1. The zero-order valence-corrected chi connectivity index (χ0v) is 12.8. The summed E-state index contributed by atoms with van der Waals surface area (Å²) in [6.07, 6.45) is 1.82. The summed E-state index contributed by atoms with van der Waals surface area (Å²) in [6, 6.07) is 0. The summed E-state index contributed by atoms with van der Waals surface area (Å²) in [5.41, 5.74) is 4.50. The Bertz CT molecular complexity index is 723. The molecule has 1 heterocycles. The number of nitrogens with one attached hydrogen (secondary N) is 1. The van der Waals surface area contributed by atoms with Gasteiger partial charge < -0.3 is 10.5 Å². The fourth-order valence-electron chi connectivity index (χ4n) is 1.79. The van der Waals surface area contributed by atoms with Gasteiger partial charge in [0.1, 0.15) is 11.4 Å². The molecule has 1 rings (SSSR count). The zero-order valence-electron chi connectivity index (χ0n) is 12.8. The van der Waals surface area contributed by atoms with E-state index in [0.717, 1.165) is 4.57 Å². The van der Waals surface area contributed by atoms with Crippen LogP contribution in [-0.4, -0.2) is 27.9 Å². The standard InChI is InChI=1S/C14H19N3O5/c1-4-5-17-12(15)11(13(20)16-14(17)21)9(18)7-22-10(19)6-8(2)3/h6H,4-5,7,15H2,1-3H3,(H,16,20,21). The van der Waals surface area contributed by atoms with Crippen molar-refractivity contribution in [2.45, 2.75) is 33.7 Å². The summed E-state index contributed by atoms with van der Waals surface area (Å²) in [6.45, 7) is 4.86. The molecule has 0 aliphatic heterocycles. The van der Waals surface area contributed by atoms with E-state index in [-0.39, 0.29) is 17.9 Å². The topological polar surface area (TPSA) is 124 Å². The Morgan fingerprint density at radius 2 is 1.95 bits per heavy atom. The predicted octanol–water partition coefficient (Wildman–Crippen LogP) is 0.221. The van der Waals surface area contributed by atoms with Crippen molar-refractivity contribution in [3.63, 3.8) is 0 Å². The maximum atomic E-state index is 12.0. The number of H-pyrrole nitrogens is 1. The zero-order chi connectivity index (χ0) is 16.9. The minimum atomic E-state index is -0.891. The Morgan fingerprint density at radius 1 is 1.32 bits per heavy atom. The van der Waals surface area contributed by atoms with Crippen molar-refractivity contribution in [3.05, 3.63) is 38.1 Å². The number of carbonyl (C=O) groups excluding carboxylic acids is 2. The smallest absolute Gasteiger partial charge is 0.331 e. The predicted molar refractivity (Wildman–Crippen MR) is 80.7 cm³/mol. The van der Waals surface area contributed by atoms with E-state index in [1.54, 1.807) is 13.8 Å². The third-order valence-electron chi connectivity index (χ3n) is 2.72. The number of rotatable bonds is 6. The molecule has 1 aromatic rings. The lowest BCUT2D eigenvalue weighted by Gasteiger charge is -2.11. The quantitative estimate of drug-likeness (QED) is 0.440. The number of ketones is 1. The van der Waals surface area contributed by atoms with Crippen LogP contribution in [0.3, 0.4) is 0 Å². The van der Waals surface area contributed by atoms with Crippen LogP contribution in [0.1, 0.15) is 37.6 Å². The van der Waals surface area contributed by atoms with Gasteiger partial charge in [0.05, 0.1) is 0 Å². The molecule has 0 aliphatic rings. The van der Waals surface area contributed by atoms with E-state index in [1.165, 1.54) is 6.08 Å². The van der Waals surface area contributed by atoms with Crippen molar-refractivity contribution < 1.29 is 14.3 Å². The van der Waals surface area contributed by atoms with Crippen LogP contribution < -0.4 is 17.0 Å². The van der Waals surface area contributed by atoms with Gasteiger partial charge in [-0.1, -0.05) is 12.5 Å². The molecular weight excluding hydrogens is 290 g/mol. The van der Waals surface area contributed by atoms with Crippen LogP contribution in [0.4, 0.5) is 5.82 Å². The number of Topliss-reactive ketones (excluding diaryl/α,β-unsaturated/α-hetero) is 1. The Hall–Kier alpha value is -2.64. The molecule has 22 heavy (non-hydrogen) atoms. The maximum absolute atomic E-state index is 12.0. The molecule has 1 aromatic heterocycles. The van der Waals surface area contributed by atoms with Gasteiger partial charge in [-0.3, -0.25) is 19.1 Å². The van der Waals surface area contributed by atoms with Crippen LogP contribution in [-0.2, 0) is 16.1 Å². The molecule has 3 N–H and O–H groups in total. The van der Waals surface area contributed by atoms with Crippen LogP contribution in [0.15, 0.2) is 21.2 Å². The van der Waals surface area contributed by atoms with Gasteiger partial charge in [0.2, 0.25) is 5.78 Å². The Kier molecular flexibility index (Phi) is 5.85. The highest BCUT2D eigenvalue weighted by Gasteiger charge is 2.20. The van der Waals surface area contributed by atoms with E-state index in [0.29, 0.717) is 12.0 Å². The molecule has 0 aliphatic carbocycles. The molecule has 0 radical (unpaired) electrons. The number of anilines is 1. The molecule has 0 amide bonds. The number of carbonyl (C=O) groups is 2. The molecule has 0 saturated heterocycles. The number of aromatic nitrogens is 2. The van der Waals surface area contributed by atoms with E-state index in [1.807, 2.05) is 11.9 Å². The molecule has 0 unspecified atom stereocenters. The number of hydrogen-bond acceptors (Lipinski definition) is 6. The van der Waals surface area contributed by atoms with Gasteiger partial charge in [0.25, 0.3) is 5.56 Å². The fourth-order valence-corrected chi connectivity index (χ4v) is 1.79. The van der Waals surface area contributed by atoms with E-state index >= 15 is 0 Å². The molecule has 0 aromatic carbocycles. The lowest BCUT2D eigenvalue weighted by Crippen LogP contribution is -2.37. The normalized spacial score (nSPS) is 10.1. The molecule has 0 bridgehead atoms. The van der Waals surface area contributed by atoms with Crippen LogP contribution in [0.5, 0.6) is 0 Å². The summed E-state index contributed by atoms with van der Waals surface area (Å²) in [7, 11) is 0. The lowest BCUT2D eigenvalue weighted by atomic mass is 10.2. The van der Waals surface area contributed by atoms with Gasteiger partial charge in [-0.05, 0) is 20.3 Å². The summed E-state index contributed by atoms with van der Waals surface area (Å²) in [5.74, 6) is -1.68. The SMILES string of the molecule is CCCn1c(N)c(C(=O)COC(=O)C=C(C)C)c(=O)[nH]c1=O. The van der Waals surface area contributed by atoms with Crippen molar-refractivity contribution in [2.24, 2.45) is 0 Å². The van der Waals surface area contributed by atoms with Crippen LogP contribution in [0, 0.1) is 0 Å². The Balaban J connectivity index is 3.06. The van der Waals surface area contributed by atoms with Gasteiger partial charge in [-0.15, -0.1) is 0 Å². The molecular formula is C14H19N3O5. The van der Waals surface area contributed by atoms with Crippen molar-refractivity contribution in [2.75, 3.05) is 12.3 Å². The average molecular weight is 309 g/mol. The molecule has 8 heteroatoms. The highest BCUT2D eigenvalue weighted by atomic mass is 16.5. The summed E-state index contributed by atoms with van der Waals surface area (Å²) in [5, 5.41) is 0. The first-order chi connectivity index (χ1) is 10.3. The second kappa shape index (κ2) is 7.39. The monoisotopic (exact) mass is 309 g/mol. The molecule has 0 fully saturated rings. The fraction of sp³-hybridized carbons (Fsp3) is 0.429. The third-order valence-corrected chi connectivity index (χ3v) is 2.72. The van der Waals surface area contributed by atoms with Crippen LogP contribution in [0.2, 0.25) is 0 Å². The minimum absolute atomic E-state index is 0.223. The minimum Gasteiger partial charge on any atom is -0.454 e. The van der Waals surface area contributed by atoms with E-state index < -0.39 is 29.6 Å². The Labute approximate surface area is 126 Å². The van der Waals surface area contributed by atoms with Crippen molar-refractivity contribution in [1.29, 1.82) is 0 Å². The van der Waals surface area contributed by atoms with Crippen LogP contribution in [0.25, 0.3) is 0 Å². The van der Waals surface area contributed by atoms with Crippen molar-refractivity contribution in [1.82, 2.24) is 9.55 Å². The third kappa shape index (κ3) is 4.18. The van der Waals surface area contributed by atoms with Gasteiger partial charge in [-0.25, -0.2) is 9.59 Å². The number of ether oxygens (including phenoxy) is 1. The van der Waals surface area contributed by atoms with E-state index in [4.69, 9.17) is 10.5 Å². The van der Waals surface area contributed by atoms with Crippen molar-refractivity contribution >= 4 is 17.6 Å². The molecule has 0 saturated carbocycles. The maximum Gasteiger partial charge on any atom is 0.331 e. The van der Waals surface area contributed by atoms with Gasteiger partial charge in [0.15, 0.2) is 6.61 Å². The molecule has 0 atom stereocenters. The largest absolute Gasteiger partial charge is 0.454 e. The van der Waals surface area contributed by atoms with E-state index in [2.05, 4.69) is 0 Å². The van der Waals surface area contributed by atoms with E-state index in [9.17, 15) is 19.2 Å². The van der Waals surface area contributed by atoms with Gasteiger partial charge in [-0.2, -0.15) is 0 Å². The number of nitrogens with zero attached hydrogens (tertiary/aromatic N) is 1.